The van der Waals surface area contributed by atoms with Crippen LogP contribution in [0.1, 0.15) is 17.5 Å². The molecule has 1 aromatic rings. The summed E-state index contributed by atoms with van der Waals surface area (Å²) in [6, 6.07) is 3.96. The van der Waals surface area contributed by atoms with Crippen molar-refractivity contribution in [3.63, 3.8) is 0 Å². The lowest BCUT2D eigenvalue weighted by molar-refractivity contribution is -0.137. The van der Waals surface area contributed by atoms with Crippen molar-refractivity contribution < 1.29 is 17.9 Å². The zero-order chi connectivity index (χ0) is 15.3. The highest BCUT2D eigenvalue weighted by molar-refractivity contribution is 7.80. The molecule has 1 aromatic carbocycles. The van der Waals surface area contributed by atoms with E-state index in [4.69, 9.17) is 10.5 Å². The van der Waals surface area contributed by atoms with E-state index in [2.05, 4.69) is 12.2 Å². The van der Waals surface area contributed by atoms with Crippen molar-refractivity contribution in [2.75, 3.05) is 32.2 Å². The van der Waals surface area contributed by atoms with Crippen molar-refractivity contribution in [1.82, 2.24) is 0 Å². The number of hydrogen-bond acceptors (Lipinski definition) is 3. The predicted molar refractivity (Wildman–Crippen MR) is 77.1 cm³/mol. The van der Waals surface area contributed by atoms with E-state index in [1.165, 1.54) is 6.07 Å². The lowest BCUT2D eigenvalue weighted by atomic mass is 10.1. The van der Waals surface area contributed by atoms with Gasteiger partial charge in [-0.15, -0.1) is 0 Å². The maximum Gasteiger partial charge on any atom is 0.417 e. The number of ether oxygens (including phenoxy) is 1. The topological polar surface area (TPSA) is 38.5 Å². The molecule has 3 nitrogen and oxygen atoms in total. The first-order chi connectivity index (χ1) is 9.27. The first-order valence-corrected chi connectivity index (χ1v) is 6.39. The third kappa shape index (κ3) is 4.35. The number of alkyl halides is 3. The molecule has 0 radical (unpaired) electrons. The molecular weight excluding hydrogens is 289 g/mol. The summed E-state index contributed by atoms with van der Waals surface area (Å²) in [7, 11) is 3.31. The predicted octanol–water partition coefficient (Wildman–Crippen LogP) is 2.81. The zero-order valence-corrected chi connectivity index (χ0v) is 12.1. The molecule has 0 amide bonds. The van der Waals surface area contributed by atoms with Crippen molar-refractivity contribution in [1.29, 1.82) is 0 Å². The maximum atomic E-state index is 13.0. The second-order valence-corrected chi connectivity index (χ2v) is 4.80. The van der Waals surface area contributed by atoms with Crippen molar-refractivity contribution >= 4 is 22.9 Å². The van der Waals surface area contributed by atoms with E-state index in [0.29, 0.717) is 18.8 Å². The Morgan fingerprint density at radius 1 is 1.40 bits per heavy atom. The Labute approximate surface area is 121 Å². The first kappa shape index (κ1) is 16.7. The number of benzene rings is 1. The van der Waals surface area contributed by atoms with Crippen LogP contribution < -0.4 is 10.6 Å². The van der Waals surface area contributed by atoms with Crippen LogP contribution in [0.2, 0.25) is 0 Å². The fourth-order valence-corrected chi connectivity index (χ4v) is 1.97. The van der Waals surface area contributed by atoms with Crippen molar-refractivity contribution in [2.45, 2.75) is 12.6 Å². The van der Waals surface area contributed by atoms with Gasteiger partial charge in [0.1, 0.15) is 4.99 Å². The fraction of sp³-hybridized carbons (Fsp3) is 0.462. The lowest BCUT2D eigenvalue weighted by Crippen LogP contribution is -2.22. The second-order valence-electron chi connectivity index (χ2n) is 4.36. The van der Waals surface area contributed by atoms with Gasteiger partial charge in [0.15, 0.2) is 0 Å². The quantitative estimate of drug-likeness (QED) is 0.648. The van der Waals surface area contributed by atoms with E-state index in [0.717, 1.165) is 12.5 Å². The normalized spacial score (nSPS) is 11.4. The van der Waals surface area contributed by atoms with E-state index in [-0.39, 0.29) is 10.6 Å². The van der Waals surface area contributed by atoms with Crippen LogP contribution in [0.25, 0.3) is 0 Å². The Kier molecular flexibility index (Phi) is 5.76. The monoisotopic (exact) mass is 306 g/mol. The minimum Gasteiger partial charge on any atom is -0.389 e. The summed E-state index contributed by atoms with van der Waals surface area (Å²) >= 11 is 4.66. The average Bonchev–Trinajstić information content (AvgIpc) is 2.37. The Balaban J connectivity index is 3.03. The third-order valence-electron chi connectivity index (χ3n) is 2.86. The summed E-state index contributed by atoms with van der Waals surface area (Å²) in [5, 5.41) is 0. The lowest BCUT2D eigenvalue weighted by Gasteiger charge is -2.21. The van der Waals surface area contributed by atoms with Crippen LogP contribution in [0.3, 0.4) is 0 Å². The van der Waals surface area contributed by atoms with E-state index in [9.17, 15) is 13.2 Å². The SMILES string of the molecule is COCCCN(C)c1ccc(C(N)=S)c(C(F)(F)F)c1. The maximum absolute atomic E-state index is 13.0. The molecule has 7 heteroatoms. The molecule has 0 saturated carbocycles. The molecule has 20 heavy (non-hydrogen) atoms. The number of anilines is 1. The number of halogens is 3. The van der Waals surface area contributed by atoms with Gasteiger partial charge in [-0.05, 0) is 24.6 Å². The minimum atomic E-state index is -4.48. The van der Waals surface area contributed by atoms with Gasteiger partial charge in [0.05, 0.1) is 5.56 Å². The van der Waals surface area contributed by atoms with Gasteiger partial charge in [-0.2, -0.15) is 13.2 Å². The fourth-order valence-electron chi connectivity index (χ4n) is 1.79. The largest absolute Gasteiger partial charge is 0.417 e. The third-order valence-corrected chi connectivity index (χ3v) is 3.08. The molecule has 0 aliphatic rings. The number of hydrogen-bond donors (Lipinski definition) is 1. The zero-order valence-electron chi connectivity index (χ0n) is 11.3. The molecule has 0 fully saturated rings. The summed E-state index contributed by atoms with van der Waals surface area (Å²) in [6.45, 7) is 1.15. The number of nitrogens with two attached hydrogens (primary N) is 1. The Bertz CT molecular complexity index is 477. The van der Waals surface area contributed by atoms with Gasteiger partial charge >= 0.3 is 6.18 Å². The molecule has 112 valence electrons. The van der Waals surface area contributed by atoms with Crippen LogP contribution in [0.5, 0.6) is 0 Å². The van der Waals surface area contributed by atoms with Crippen molar-refractivity contribution in [2.24, 2.45) is 5.73 Å². The van der Waals surface area contributed by atoms with Gasteiger partial charge in [0, 0.05) is 38.6 Å². The molecule has 0 saturated heterocycles. The van der Waals surface area contributed by atoms with Gasteiger partial charge < -0.3 is 15.4 Å². The molecule has 2 N–H and O–H groups in total. The van der Waals surface area contributed by atoms with E-state index in [1.54, 1.807) is 25.1 Å². The highest BCUT2D eigenvalue weighted by Gasteiger charge is 2.34. The molecule has 1 rings (SSSR count). The molecule has 0 aromatic heterocycles. The van der Waals surface area contributed by atoms with Crippen LogP contribution in [0, 0.1) is 0 Å². The standard InChI is InChI=1S/C13H17F3N2OS/c1-18(6-3-7-19-2)9-4-5-10(12(17)20)11(8-9)13(14,15)16/h4-5,8H,3,6-7H2,1-2H3,(H2,17,20). The summed E-state index contributed by atoms with van der Waals surface area (Å²) in [6.07, 6.45) is -3.76. The van der Waals surface area contributed by atoms with Crippen LogP contribution in [0.15, 0.2) is 18.2 Å². The highest BCUT2D eigenvalue weighted by atomic mass is 32.1. The van der Waals surface area contributed by atoms with E-state index >= 15 is 0 Å². The van der Waals surface area contributed by atoms with E-state index < -0.39 is 11.7 Å². The Morgan fingerprint density at radius 2 is 2.05 bits per heavy atom. The van der Waals surface area contributed by atoms with Gasteiger partial charge in [0.25, 0.3) is 0 Å². The summed E-state index contributed by atoms with van der Waals surface area (Å²) < 4.78 is 43.9. The smallest absolute Gasteiger partial charge is 0.389 e. The number of thiocarbonyl (C=S) groups is 1. The van der Waals surface area contributed by atoms with Crippen LogP contribution >= 0.6 is 12.2 Å². The molecule has 0 spiro atoms. The average molecular weight is 306 g/mol. The number of methoxy groups -OCH3 is 1. The molecule has 0 atom stereocenters. The molecule has 0 bridgehead atoms. The molecule has 0 aliphatic heterocycles. The van der Waals surface area contributed by atoms with Gasteiger partial charge in [-0.25, -0.2) is 0 Å². The minimum absolute atomic E-state index is 0.151. The Morgan fingerprint density at radius 3 is 2.55 bits per heavy atom. The van der Waals surface area contributed by atoms with Crippen LogP contribution in [-0.2, 0) is 10.9 Å². The van der Waals surface area contributed by atoms with Crippen LogP contribution in [-0.4, -0.2) is 32.3 Å². The first-order valence-electron chi connectivity index (χ1n) is 5.98. The summed E-state index contributed by atoms with van der Waals surface area (Å²) in [4.78, 5) is 1.48. The van der Waals surface area contributed by atoms with Crippen LogP contribution in [0.4, 0.5) is 18.9 Å². The molecular formula is C13H17F3N2OS. The van der Waals surface area contributed by atoms with Crippen molar-refractivity contribution in [3.8, 4) is 0 Å². The molecule has 0 heterocycles. The molecule has 0 aliphatic carbocycles. The Hall–Kier alpha value is -1.34. The molecule has 0 unspecified atom stereocenters. The van der Waals surface area contributed by atoms with Gasteiger partial charge in [-0.1, -0.05) is 12.2 Å². The summed E-state index contributed by atoms with van der Waals surface area (Å²) in [5.41, 5.74) is 4.85. The summed E-state index contributed by atoms with van der Waals surface area (Å²) in [5.74, 6) is 0. The van der Waals surface area contributed by atoms with E-state index in [1.807, 2.05) is 0 Å². The number of nitrogens with zero attached hydrogens (tertiary/aromatic N) is 1. The highest BCUT2D eigenvalue weighted by Crippen LogP contribution is 2.34. The van der Waals surface area contributed by atoms with Crippen molar-refractivity contribution in [3.05, 3.63) is 29.3 Å². The van der Waals surface area contributed by atoms with Gasteiger partial charge in [0.2, 0.25) is 0 Å². The van der Waals surface area contributed by atoms with Gasteiger partial charge in [-0.3, -0.25) is 0 Å². The second kappa shape index (κ2) is 6.90. The number of rotatable bonds is 6.